The van der Waals surface area contributed by atoms with Gasteiger partial charge in [0.25, 0.3) is 5.91 Å². The Morgan fingerprint density at radius 3 is 2.63 bits per heavy atom. The van der Waals surface area contributed by atoms with Gasteiger partial charge in [-0.15, -0.1) is 11.3 Å². The molecular formula is C22H19FN2OS. The zero-order valence-corrected chi connectivity index (χ0v) is 15.7. The fraction of sp³-hybridized carbons (Fsp3) is 0.136. The summed E-state index contributed by atoms with van der Waals surface area (Å²) in [7, 11) is 0. The van der Waals surface area contributed by atoms with E-state index < -0.39 is 0 Å². The van der Waals surface area contributed by atoms with Crippen LogP contribution in [-0.4, -0.2) is 10.5 Å². The molecule has 0 aliphatic carbocycles. The summed E-state index contributed by atoms with van der Waals surface area (Å²) in [6.07, 6.45) is 0. The van der Waals surface area contributed by atoms with Crippen LogP contribution in [0.5, 0.6) is 0 Å². The molecule has 27 heavy (non-hydrogen) atoms. The van der Waals surface area contributed by atoms with E-state index in [1.54, 1.807) is 23.5 Å². The molecule has 0 spiro atoms. The van der Waals surface area contributed by atoms with Crippen LogP contribution in [0.3, 0.4) is 0 Å². The largest absolute Gasteiger partial charge is 0.344 e. The standard InChI is InChI=1S/C22H19FN2OS/c1-15(16-7-3-2-4-8-16)24-22(26)20-13-21-19(11-12-27-21)25(20)14-17-9-5-6-10-18(17)23/h2-13,15H,14H2,1H3,(H,24,26)/t15-/m1/s1. The van der Waals surface area contributed by atoms with Gasteiger partial charge in [-0.25, -0.2) is 4.39 Å². The number of carbonyl (C=O) groups excluding carboxylic acids is 1. The molecule has 0 radical (unpaired) electrons. The summed E-state index contributed by atoms with van der Waals surface area (Å²) < 4.78 is 17.1. The van der Waals surface area contributed by atoms with Crippen molar-refractivity contribution in [1.29, 1.82) is 0 Å². The molecule has 0 aliphatic heterocycles. The van der Waals surface area contributed by atoms with Crippen molar-refractivity contribution in [3.63, 3.8) is 0 Å². The Morgan fingerprint density at radius 1 is 1.11 bits per heavy atom. The summed E-state index contributed by atoms with van der Waals surface area (Å²) in [4.78, 5) is 13.0. The first-order valence-corrected chi connectivity index (χ1v) is 9.67. The molecular weight excluding hydrogens is 359 g/mol. The van der Waals surface area contributed by atoms with Crippen LogP contribution in [0.25, 0.3) is 10.2 Å². The van der Waals surface area contributed by atoms with E-state index in [2.05, 4.69) is 5.32 Å². The number of fused-ring (bicyclic) bond motifs is 1. The third-order valence-corrected chi connectivity index (χ3v) is 5.54. The third kappa shape index (κ3) is 3.51. The highest BCUT2D eigenvalue weighted by atomic mass is 32.1. The number of benzene rings is 2. The average Bonchev–Trinajstić information content (AvgIpc) is 3.27. The number of aromatic nitrogens is 1. The van der Waals surface area contributed by atoms with E-state index in [0.29, 0.717) is 17.8 Å². The van der Waals surface area contributed by atoms with Crippen molar-refractivity contribution in [3.05, 3.63) is 94.7 Å². The van der Waals surface area contributed by atoms with E-state index in [1.807, 2.05) is 65.4 Å². The number of hydrogen-bond donors (Lipinski definition) is 1. The van der Waals surface area contributed by atoms with Crippen molar-refractivity contribution >= 4 is 27.5 Å². The number of nitrogens with one attached hydrogen (secondary N) is 1. The van der Waals surface area contributed by atoms with E-state index in [0.717, 1.165) is 15.8 Å². The van der Waals surface area contributed by atoms with E-state index in [4.69, 9.17) is 0 Å². The summed E-state index contributed by atoms with van der Waals surface area (Å²) in [6.45, 7) is 2.27. The van der Waals surface area contributed by atoms with Crippen molar-refractivity contribution in [3.8, 4) is 0 Å². The lowest BCUT2D eigenvalue weighted by molar-refractivity contribution is 0.0931. The number of hydrogen-bond acceptors (Lipinski definition) is 2. The zero-order chi connectivity index (χ0) is 18.8. The number of amides is 1. The van der Waals surface area contributed by atoms with Gasteiger partial charge in [-0.05, 0) is 36.1 Å². The van der Waals surface area contributed by atoms with Crippen molar-refractivity contribution < 1.29 is 9.18 Å². The Balaban J connectivity index is 1.66. The van der Waals surface area contributed by atoms with Crippen LogP contribution in [0.1, 0.15) is 34.6 Å². The molecule has 2 aromatic heterocycles. The second-order valence-electron chi connectivity index (χ2n) is 6.48. The molecule has 0 bridgehead atoms. The molecule has 0 fully saturated rings. The number of rotatable bonds is 5. The summed E-state index contributed by atoms with van der Waals surface area (Å²) in [5.74, 6) is -0.426. The third-order valence-electron chi connectivity index (χ3n) is 4.69. The fourth-order valence-electron chi connectivity index (χ4n) is 3.23. The average molecular weight is 378 g/mol. The van der Waals surface area contributed by atoms with Gasteiger partial charge in [0.2, 0.25) is 0 Å². The highest BCUT2D eigenvalue weighted by molar-refractivity contribution is 7.17. The van der Waals surface area contributed by atoms with Gasteiger partial charge in [-0.2, -0.15) is 0 Å². The molecule has 2 heterocycles. The molecule has 4 aromatic rings. The van der Waals surface area contributed by atoms with Crippen LogP contribution in [-0.2, 0) is 6.54 Å². The van der Waals surface area contributed by atoms with Gasteiger partial charge < -0.3 is 9.88 Å². The maximum atomic E-state index is 14.2. The summed E-state index contributed by atoms with van der Waals surface area (Å²) in [6, 6.07) is 20.2. The van der Waals surface area contributed by atoms with Crippen molar-refractivity contribution in [2.45, 2.75) is 19.5 Å². The molecule has 4 rings (SSSR count). The van der Waals surface area contributed by atoms with Crippen molar-refractivity contribution in [2.24, 2.45) is 0 Å². The lowest BCUT2D eigenvalue weighted by Crippen LogP contribution is -2.28. The van der Waals surface area contributed by atoms with Gasteiger partial charge in [0, 0.05) is 5.56 Å². The predicted molar refractivity (Wildman–Crippen MR) is 108 cm³/mol. The topological polar surface area (TPSA) is 34.0 Å². The summed E-state index contributed by atoms with van der Waals surface area (Å²) in [5.41, 5.74) is 3.09. The summed E-state index contributed by atoms with van der Waals surface area (Å²) >= 11 is 1.58. The van der Waals surface area contributed by atoms with Crippen LogP contribution < -0.4 is 5.32 Å². The fourth-order valence-corrected chi connectivity index (χ4v) is 4.05. The maximum Gasteiger partial charge on any atom is 0.268 e. The Bertz CT molecular complexity index is 1080. The molecule has 0 unspecified atom stereocenters. The molecule has 0 saturated heterocycles. The molecule has 0 aliphatic rings. The van der Waals surface area contributed by atoms with Crippen LogP contribution in [0.4, 0.5) is 4.39 Å². The van der Waals surface area contributed by atoms with E-state index >= 15 is 0 Å². The Hall–Kier alpha value is -2.92. The van der Waals surface area contributed by atoms with Crippen molar-refractivity contribution in [1.82, 2.24) is 9.88 Å². The first kappa shape index (κ1) is 17.5. The molecule has 2 aromatic carbocycles. The molecule has 1 atom stereocenters. The molecule has 3 nitrogen and oxygen atoms in total. The van der Waals surface area contributed by atoms with E-state index in [9.17, 15) is 9.18 Å². The minimum Gasteiger partial charge on any atom is -0.344 e. The number of nitrogens with zero attached hydrogens (tertiary/aromatic N) is 1. The minimum atomic E-state index is -0.265. The van der Waals surface area contributed by atoms with E-state index in [-0.39, 0.29) is 17.8 Å². The summed E-state index contributed by atoms with van der Waals surface area (Å²) in [5, 5.41) is 5.04. The first-order chi connectivity index (χ1) is 13.1. The Labute approximate surface area is 161 Å². The molecule has 1 amide bonds. The van der Waals surface area contributed by atoms with Gasteiger partial charge in [0.15, 0.2) is 0 Å². The number of halogens is 1. The highest BCUT2D eigenvalue weighted by Crippen LogP contribution is 2.27. The highest BCUT2D eigenvalue weighted by Gasteiger charge is 2.19. The van der Waals surface area contributed by atoms with Crippen LogP contribution in [0.2, 0.25) is 0 Å². The van der Waals surface area contributed by atoms with Gasteiger partial charge >= 0.3 is 0 Å². The first-order valence-electron chi connectivity index (χ1n) is 8.79. The van der Waals surface area contributed by atoms with Gasteiger partial charge in [-0.1, -0.05) is 48.5 Å². The van der Waals surface area contributed by atoms with Crippen LogP contribution in [0.15, 0.2) is 72.1 Å². The maximum absolute atomic E-state index is 14.2. The Kier molecular flexibility index (Phi) is 4.77. The van der Waals surface area contributed by atoms with Crippen LogP contribution >= 0.6 is 11.3 Å². The number of thiophene rings is 1. The molecule has 5 heteroatoms. The molecule has 136 valence electrons. The van der Waals surface area contributed by atoms with Gasteiger partial charge in [0.1, 0.15) is 11.5 Å². The zero-order valence-electron chi connectivity index (χ0n) is 14.9. The monoisotopic (exact) mass is 378 g/mol. The smallest absolute Gasteiger partial charge is 0.268 e. The molecule has 1 N–H and O–H groups in total. The predicted octanol–water partition coefficient (Wildman–Crippen LogP) is 5.38. The normalized spacial score (nSPS) is 12.2. The van der Waals surface area contributed by atoms with Gasteiger partial charge in [0.05, 0.1) is 22.8 Å². The molecule has 0 saturated carbocycles. The second kappa shape index (κ2) is 7.37. The minimum absolute atomic E-state index is 0.117. The lowest BCUT2D eigenvalue weighted by Gasteiger charge is -2.16. The Morgan fingerprint density at radius 2 is 1.85 bits per heavy atom. The second-order valence-corrected chi connectivity index (χ2v) is 7.43. The van der Waals surface area contributed by atoms with Crippen LogP contribution in [0, 0.1) is 5.82 Å². The van der Waals surface area contributed by atoms with E-state index in [1.165, 1.54) is 6.07 Å². The van der Waals surface area contributed by atoms with Gasteiger partial charge in [-0.3, -0.25) is 4.79 Å². The lowest BCUT2D eigenvalue weighted by atomic mass is 10.1. The quantitative estimate of drug-likeness (QED) is 0.497. The SMILES string of the molecule is C[C@@H](NC(=O)c1cc2sccc2n1Cc1ccccc1F)c1ccccc1. The number of carbonyl (C=O) groups is 1. The van der Waals surface area contributed by atoms with Crippen molar-refractivity contribution in [2.75, 3.05) is 0 Å².